The van der Waals surface area contributed by atoms with Gasteiger partial charge in [-0.25, -0.2) is 0 Å². The van der Waals surface area contributed by atoms with Crippen LogP contribution in [0.3, 0.4) is 0 Å². The van der Waals surface area contributed by atoms with Crippen molar-refractivity contribution in [2.75, 3.05) is 56.6 Å². The molecule has 7 heterocycles. The first-order valence-corrected chi connectivity index (χ1v) is 36.8. The van der Waals surface area contributed by atoms with E-state index in [0.717, 1.165) is 44.9 Å². The van der Waals surface area contributed by atoms with Gasteiger partial charge in [-0.05, 0) is 129 Å². The second kappa shape index (κ2) is 31.7. The van der Waals surface area contributed by atoms with Crippen LogP contribution in [0.5, 0.6) is 0 Å². The molecule has 0 aromatic rings. The Morgan fingerprint density at radius 1 is 0.610 bits per heavy atom. The van der Waals surface area contributed by atoms with Crippen LogP contribution in [0.15, 0.2) is 23.5 Å². The summed E-state index contributed by atoms with van der Waals surface area (Å²) in [5.74, 6) is -0.690. The Morgan fingerprint density at radius 2 is 1.20 bits per heavy atom. The number of Topliss-reactive ketones (excluding diaryl/α,β-unsaturated/α-hetero) is 1. The van der Waals surface area contributed by atoms with Gasteiger partial charge in [0, 0.05) is 87.1 Å². The third kappa shape index (κ3) is 15.1. The summed E-state index contributed by atoms with van der Waals surface area (Å²) in [6.07, 6.45) is -3.98. The zero-order chi connectivity index (χ0) is 71.5. The van der Waals surface area contributed by atoms with Crippen LogP contribution in [0.25, 0.3) is 0 Å². The molecule has 7 aliphatic heterocycles. The second-order valence-corrected chi connectivity index (χ2v) is 30.8. The lowest BCUT2D eigenvalue weighted by atomic mass is 9.46. The molecule has 27 heteroatoms. The van der Waals surface area contributed by atoms with Gasteiger partial charge in [0.15, 0.2) is 50.1 Å². The first kappa shape index (κ1) is 77.1. The van der Waals surface area contributed by atoms with Gasteiger partial charge in [-0.2, -0.15) is 0 Å². The number of methoxy groups -OCH3 is 7. The number of hydrogen-bond acceptors (Lipinski definition) is 27. The molecule has 35 atom stereocenters. The largest absolute Gasteiger partial charge is 0.493 e. The van der Waals surface area contributed by atoms with Gasteiger partial charge in [0.1, 0.15) is 48.8 Å². The third-order valence-corrected chi connectivity index (χ3v) is 25.3. The number of fused-ring (bicyclic) bond motifs is 6. The standard InChI is InChI=1S/C73H116O27/c1-35-60(75)67(84-17)68(93-42(8)74)69(91-35)98-64-38(4)89-58(31-53(64)82-15)96-62-36(2)87-57(29-51(62)80-13)95-63-37(3)88-59(30-52(63)81-14)97-65-40(6)99-73(33-55(65)83-16)86-34-85-54-32-56(90-39(5)66(54)100-73)92-41(7)72(77)25-22-48-46-19-18-43-26-44(20-23-70(43,9)47(46)21-24-71(48,72)10)94-50-28-45(78-11)27-49(79-12)61(50)76/h18,27,35-41,44-48,50-60,62-69,75,77H,19-26,28-34H2,1-17H3/t35-,36-,37-,38-,39-,40-,41+,44+,45?,46-,47+,48+,50?,51+,52+,53+,54-,55-,56+,57+,58+,59+,60+,62-,63-,64-,65-,66-,67+,68-,69+,70+,71+,72+,73+/m1/s1. The van der Waals surface area contributed by atoms with Crippen molar-refractivity contribution in [1.82, 2.24) is 0 Å². The van der Waals surface area contributed by atoms with E-state index in [9.17, 15) is 19.8 Å². The summed E-state index contributed by atoms with van der Waals surface area (Å²) >= 11 is 0. The van der Waals surface area contributed by atoms with Crippen molar-refractivity contribution in [3.63, 3.8) is 0 Å². The van der Waals surface area contributed by atoms with Crippen molar-refractivity contribution in [3.05, 3.63) is 23.5 Å². The molecule has 2 N–H and O–H groups in total. The Labute approximate surface area is 589 Å². The lowest BCUT2D eigenvalue weighted by Crippen LogP contribution is -2.62. The minimum Gasteiger partial charge on any atom is -0.493 e. The van der Waals surface area contributed by atoms with Gasteiger partial charge < -0.3 is 119 Å². The number of aliphatic hydroxyl groups excluding tert-OH is 1. The number of hydrogen-bond donors (Lipinski definition) is 2. The summed E-state index contributed by atoms with van der Waals surface area (Å²) < 4.78 is 145. The molecule has 3 saturated carbocycles. The van der Waals surface area contributed by atoms with Gasteiger partial charge in [-0.15, -0.1) is 0 Å². The number of esters is 1. The highest BCUT2D eigenvalue weighted by Gasteiger charge is 2.67. The number of rotatable bonds is 21. The average molecular weight is 1430 g/mol. The highest BCUT2D eigenvalue weighted by molar-refractivity contribution is 5.98. The van der Waals surface area contributed by atoms with E-state index in [2.05, 4.69) is 19.9 Å². The fourth-order valence-corrected chi connectivity index (χ4v) is 19.7. The minimum absolute atomic E-state index is 0.0291. The minimum atomic E-state index is -1.55. The smallest absolute Gasteiger partial charge is 0.303 e. The normalized spacial score (nSPS) is 50.2. The molecule has 1 spiro atoms. The van der Waals surface area contributed by atoms with E-state index in [1.807, 2.05) is 41.5 Å². The highest BCUT2D eigenvalue weighted by atomic mass is 16.9. The van der Waals surface area contributed by atoms with Crippen LogP contribution in [-0.2, 0) is 119 Å². The predicted octanol–water partition coefficient (Wildman–Crippen LogP) is 6.77. The molecule has 0 aromatic heterocycles. The maximum atomic E-state index is 13.3. The van der Waals surface area contributed by atoms with Crippen molar-refractivity contribution in [1.29, 1.82) is 0 Å². The lowest BCUT2D eigenvalue weighted by molar-refractivity contribution is -0.447. The monoisotopic (exact) mass is 1420 g/mol. The number of ketones is 1. The van der Waals surface area contributed by atoms with Crippen molar-refractivity contribution in [3.8, 4) is 0 Å². The zero-order valence-electron chi connectivity index (χ0n) is 61.8. The van der Waals surface area contributed by atoms with Crippen LogP contribution in [0.4, 0.5) is 0 Å². The molecule has 12 rings (SSSR count). The molecule has 7 saturated heterocycles. The molecular formula is C73H116O27. The van der Waals surface area contributed by atoms with Crippen LogP contribution < -0.4 is 0 Å². The molecule has 100 heavy (non-hydrogen) atoms. The Balaban J connectivity index is 0.607. The Kier molecular flexibility index (Phi) is 24.5. The molecule has 12 aliphatic rings. The second-order valence-electron chi connectivity index (χ2n) is 30.8. The highest BCUT2D eigenvalue weighted by Crippen LogP contribution is 2.68. The molecule has 27 nitrogen and oxygen atoms in total. The van der Waals surface area contributed by atoms with E-state index in [1.165, 1.54) is 26.7 Å². The SMILES string of the molecule is COC1=CC(OC)CC(O[C@H]2CC[C@@]3(C)C(=CC[C@@H]4[C@@H]3CC[C@@]3(C)[C@H]4CC[C@]3(O)[C@H](C)O[C@H]3C[C@H]4OCO[C@]5(C[C@@H](OC)[C@H](O[C@H]6C[C@H](OC)[C@H](O[C@H]7C[C@H](OC)[C@H](O[C@H]8C[C@H](OC)[C@H](O[C@@H]9O[C@H](C)[C@H](O)[C@H](OC)[C@H]9OC(C)=O)[C@@H](C)O8)[C@@H](C)O7)[C@@H](C)O6)[C@@H](C)O5)O[C@@H]4[C@@H](C)O3)C2)C1=O. The topological polar surface area (TPSA) is 287 Å². The summed E-state index contributed by atoms with van der Waals surface area (Å²) in [7, 11) is 11.1. The van der Waals surface area contributed by atoms with Gasteiger partial charge in [-0.3, -0.25) is 9.59 Å². The van der Waals surface area contributed by atoms with Crippen molar-refractivity contribution < 1.29 is 129 Å². The van der Waals surface area contributed by atoms with Gasteiger partial charge in [0.2, 0.25) is 5.78 Å². The predicted molar refractivity (Wildman–Crippen MR) is 350 cm³/mol. The number of aliphatic hydroxyl groups is 2. The number of carbonyl (C=O) groups is 2. The molecule has 0 radical (unpaired) electrons. The molecule has 570 valence electrons. The van der Waals surface area contributed by atoms with Crippen LogP contribution >= 0.6 is 0 Å². The van der Waals surface area contributed by atoms with Crippen molar-refractivity contribution >= 4 is 11.8 Å². The van der Waals surface area contributed by atoms with Crippen LogP contribution in [0, 0.1) is 28.6 Å². The number of allylic oxidation sites excluding steroid dienone is 1. The van der Waals surface area contributed by atoms with Gasteiger partial charge in [0.05, 0.1) is 105 Å². The van der Waals surface area contributed by atoms with E-state index in [-0.39, 0.29) is 48.5 Å². The summed E-state index contributed by atoms with van der Waals surface area (Å²) in [5.41, 5.74) is 0.0341. The first-order valence-electron chi connectivity index (χ1n) is 36.8. The van der Waals surface area contributed by atoms with Gasteiger partial charge in [0.25, 0.3) is 5.97 Å². The molecule has 0 bridgehead atoms. The van der Waals surface area contributed by atoms with E-state index in [0.29, 0.717) is 55.6 Å². The Bertz CT molecular complexity index is 2810. The van der Waals surface area contributed by atoms with E-state index >= 15 is 0 Å². The molecule has 0 aromatic carbocycles. The van der Waals surface area contributed by atoms with Gasteiger partial charge >= 0.3 is 5.97 Å². The number of carbonyl (C=O) groups excluding carboxylic acids is 2. The fourth-order valence-electron chi connectivity index (χ4n) is 19.7. The molecule has 10 fully saturated rings. The maximum Gasteiger partial charge on any atom is 0.303 e. The van der Waals surface area contributed by atoms with Crippen LogP contribution in [0.1, 0.15) is 159 Å². The summed E-state index contributed by atoms with van der Waals surface area (Å²) in [6, 6.07) is 0. The van der Waals surface area contributed by atoms with Gasteiger partial charge in [-0.1, -0.05) is 25.5 Å². The van der Waals surface area contributed by atoms with Crippen molar-refractivity contribution in [2.24, 2.45) is 28.6 Å². The van der Waals surface area contributed by atoms with Crippen molar-refractivity contribution in [2.45, 2.75) is 343 Å². The summed E-state index contributed by atoms with van der Waals surface area (Å²) in [6.45, 7) is 19.1. The maximum absolute atomic E-state index is 13.3. The molecule has 0 amide bonds. The average Bonchev–Trinajstić information content (AvgIpc) is 1.46. The van der Waals surface area contributed by atoms with E-state index in [4.69, 9.17) is 109 Å². The van der Waals surface area contributed by atoms with E-state index in [1.54, 1.807) is 48.5 Å². The fraction of sp³-hybridized carbons (Fsp3) is 0.918. The van der Waals surface area contributed by atoms with E-state index < -0.39 is 177 Å². The Morgan fingerprint density at radius 3 is 1.78 bits per heavy atom. The molecule has 5 aliphatic carbocycles. The first-order chi connectivity index (χ1) is 47.7. The molecule has 2 unspecified atom stereocenters. The summed E-state index contributed by atoms with van der Waals surface area (Å²) in [4.78, 5) is 25.4. The quantitative estimate of drug-likeness (QED) is 0.0885. The van der Waals surface area contributed by atoms with Crippen LogP contribution in [0.2, 0.25) is 0 Å². The Hall–Kier alpha value is -2.50. The number of ether oxygens (including phenoxy) is 23. The summed E-state index contributed by atoms with van der Waals surface area (Å²) in [5, 5.41) is 23.9. The third-order valence-electron chi connectivity index (χ3n) is 25.3. The zero-order valence-corrected chi connectivity index (χ0v) is 61.8. The lowest BCUT2D eigenvalue weighted by Gasteiger charge is -2.59. The molecular weight excluding hydrogens is 1310 g/mol. The van der Waals surface area contributed by atoms with Crippen LogP contribution in [-0.4, -0.2) is 262 Å².